The first kappa shape index (κ1) is 22.3. The maximum absolute atomic E-state index is 13.6. The number of aromatic nitrogens is 2. The van der Waals surface area contributed by atoms with E-state index >= 15 is 0 Å². The number of rotatable bonds is 5. The molecule has 4 heterocycles. The van der Waals surface area contributed by atoms with Gasteiger partial charge in [0.25, 0.3) is 0 Å². The van der Waals surface area contributed by atoms with Crippen molar-refractivity contribution in [2.24, 2.45) is 7.05 Å². The number of fused-ring (bicyclic) bond motifs is 4. The Balaban J connectivity index is 1.51. The molecule has 1 aromatic carbocycles. The predicted octanol–water partition coefficient (Wildman–Crippen LogP) is 2.49. The normalized spacial score (nSPS) is 17.2. The molecule has 0 saturated carbocycles. The van der Waals surface area contributed by atoms with Crippen molar-refractivity contribution in [3.63, 3.8) is 0 Å². The molecule has 0 radical (unpaired) electrons. The molecule has 0 spiro atoms. The van der Waals surface area contributed by atoms with Crippen molar-refractivity contribution in [1.82, 2.24) is 14.1 Å². The van der Waals surface area contributed by atoms with Crippen LogP contribution in [0.1, 0.15) is 20.8 Å². The number of hydrogen-bond donors (Lipinski definition) is 1. The monoisotopic (exact) mass is 519 g/mol. The van der Waals surface area contributed by atoms with E-state index in [0.717, 1.165) is 22.6 Å². The number of carbonyl (C=O) groups is 1. The lowest BCUT2D eigenvalue weighted by Crippen LogP contribution is -2.40. The summed E-state index contributed by atoms with van der Waals surface area (Å²) in [5, 5.41) is 14.5. The van der Waals surface area contributed by atoms with E-state index in [1.54, 1.807) is 17.9 Å². The number of ether oxygens (including phenoxy) is 4. The first-order valence-corrected chi connectivity index (χ1v) is 13.2. The Kier molecular flexibility index (Phi) is 5.25. The standard InChI is InChI=1S/C22H21N3O8S2/c1-24-19-12(10-23-24)2-3-13-18(19)22(34-20(13)21(26)27)33-16-8-14-15(32-11-31-14)9-17(16)35(28,29)25-4-6-30-7-5-25/h8-10H,2-7,11H2,1H3,(H,26,27). The zero-order valence-corrected chi connectivity index (χ0v) is 20.3. The highest BCUT2D eigenvalue weighted by Gasteiger charge is 2.35. The Labute approximate surface area is 204 Å². The summed E-state index contributed by atoms with van der Waals surface area (Å²) in [4.78, 5) is 12.1. The van der Waals surface area contributed by atoms with E-state index < -0.39 is 16.0 Å². The summed E-state index contributed by atoms with van der Waals surface area (Å²) in [7, 11) is -2.18. The highest BCUT2D eigenvalue weighted by atomic mass is 32.2. The quantitative estimate of drug-likeness (QED) is 0.540. The second-order valence-electron chi connectivity index (χ2n) is 8.29. The summed E-state index contributed by atoms with van der Waals surface area (Å²) in [6, 6.07) is 2.88. The first-order valence-electron chi connectivity index (χ1n) is 10.9. The Hall–Kier alpha value is -3.13. The van der Waals surface area contributed by atoms with Crippen molar-refractivity contribution in [2.75, 3.05) is 33.1 Å². The van der Waals surface area contributed by atoms with Gasteiger partial charge in [0.1, 0.15) is 9.77 Å². The molecular formula is C22H21N3O8S2. The second kappa shape index (κ2) is 8.22. The predicted molar refractivity (Wildman–Crippen MR) is 123 cm³/mol. The summed E-state index contributed by atoms with van der Waals surface area (Å²) < 4.78 is 52.7. The molecule has 0 unspecified atom stereocenters. The average Bonchev–Trinajstić information content (AvgIpc) is 3.56. The molecule has 2 aliphatic heterocycles. The Morgan fingerprint density at radius 1 is 1.17 bits per heavy atom. The van der Waals surface area contributed by atoms with Crippen molar-refractivity contribution in [3.05, 3.63) is 34.3 Å². The van der Waals surface area contributed by atoms with Gasteiger partial charge < -0.3 is 24.1 Å². The average molecular weight is 520 g/mol. The Bertz CT molecular complexity index is 1450. The van der Waals surface area contributed by atoms with Gasteiger partial charge in [-0.1, -0.05) is 11.3 Å². The molecule has 1 saturated heterocycles. The minimum atomic E-state index is -3.96. The van der Waals surface area contributed by atoms with Gasteiger partial charge in [0.15, 0.2) is 22.3 Å². The smallest absolute Gasteiger partial charge is 0.346 e. The van der Waals surface area contributed by atoms with Gasteiger partial charge in [-0.15, -0.1) is 0 Å². The van der Waals surface area contributed by atoms with Crippen LogP contribution in [0, 0.1) is 0 Å². The Morgan fingerprint density at radius 3 is 2.66 bits per heavy atom. The molecule has 0 amide bonds. The fraction of sp³-hybridized carbons (Fsp3) is 0.364. The molecule has 1 N–H and O–H groups in total. The number of benzene rings is 1. The number of aryl methyl sites for hydroxylation is 2. The zero-order chi connectivity index (χ0) is 24.3. The number of thiophene rings is 1. The minimum absolute atomic E-state index is 0.0359. The largest absolute Gasteiger partial charge is 0.477 e. The number of nitrogens with zero attached hydrogens (tertiary/aromatic N) is 3. The third-order valence-electron chi connectivity index (χ3n) is 6.29. The topological polar surface area (TPSA) is 129 Å². The number of hydrogen-bond acceptors (Lipinski definition) is 9. The van der Waals surface area contributed by atoms with Crippen LogP contribution in [0.5, 0.6) is 22.3 Å². The molecular weight excluding hydrogens is 498 g/mol. The maximum atomic E-state index is 13.6. The number of carboxylic acids is 1. The van der Waals surface area contributed by atoms with Crippen LogP contribution in [0.25, 0.3) is 11.3 Å². The van der Waals surface area contributed by atoms with Crippen LogP contribution < -0.4 is 14.2 Å². The van der Waals surface area contributed by atoms with E-state index in [1.165, 1.54) is 16.4 Å². The van der Waals surface area contributed by atoms with Crippen LogP contribution in [0.4, 0.5) is 0 Å². The number of aromatic carboxylic acids is 1. The third-order valence-corrected chi connectivity index (χ3v) is 9.31. The molecule has 6 rings (SSSR count). The van der Waals surface area contributed by atoms with E-state index in [1.807, 2.05) is 0 Å². The van der Waals surface area contributed by atoms with E-state index in [4.69, 9.17) is 18.9 Å². The fourth-order valence-corrected chi connectivity index (χ4v) is 7.20. The van der Waals surface area contributed by atoms with Gasteiger partial charge in [0, 0.05) is 32.3 Å². The summed E-state index contributed by atoms with van der Waals surface area (Å²) in [5.41, 5.74) is 3.03. The van der Waals surface area contributed by atoms with E-state index in [0.29, 0.717) is 53.7 Å². The van der Waals surface area contributed by atoms with E-state index in [2.05, 4.69) is 5.10 Å². The lowest BCUT2D eigenvalue weighted by Gasteiger charge is -2.27. The first-order chi connectivity index (χ1) is 16.8. The third kappa shape index (κ3) is 3.57. The minimum Gasteiger partial charge on any atom is -0.477 e. The van der Waals surface area contributed by atoms with Crippen molar-refractivity contribution < 1.29 is 37.3 Å². The molecule has 2 aromatic heterocycles. The van der Waals surface area contributed by atoms with Gasteiger partial charge >= 0.3 is 5.97 Å². The SMILES string of the molecule is Cn1ncc2c1-c1c(Oc3cc4c(cc3S(=O)(=O)N3CCOCC3)OCO4)sc(C(=O)O)c1CC2. The van der Waals surface area contributed by atoms with Gasteiger partial charge in [0.2, 0.25) is 16.8 Å². The molecule has 0 atom stereocenters. The zero-order valence-electron chi connectivity index (χ0n) is 18.6. The molecule has 3 aliphatic rings. The summed E-state index contributed by atoms with van der Waals surface area (Å²) in [6.07, 6.45) is 2.94. The number of morpholine rings is 1. The van der Waals surface area contributed by atoms with Crippen LogP contribution in [0.3, 0.4) is 0 Å². The summed E-state index contributed by atoms with van der Waals surface area (Å²) in [6.45, 7) is 0.984. The highest BCUT2D eigenvalue weighted by Crippen LogP contribution is 2.50. The molecule has 13 heteroatoms. The van der Waals surface area contributed by atoms with Crippen LogP contribution in [-0.2, 0) is 34.6 Å². The van der Waals surface area contributed by atoms with Crippen LogP contribution >= 0.6 is 11.3 Å². The van der Waals surface area contributed by atoms with E-state index in [-0.39, 0.29) is 35.4 Å². The summed E-state index contributed by atoms with van der Waals surface area (Å²) >= 11 is 0.979. The van der Waals surface area contributed by atoms with E-state index in [9.17, 15) is 18.3 Å². The van der Waals surface area contributed by atoms with Crippen LogP contribution in [-0.4, -0.2) is 66.7 Å². The highest BCUT2D eigenvalue weighted by molar-refractivity contribution is 7.89. The number of sulfonamides is 1. The maximum Gasteiger partial charge on any atom is 0.346 e. The van der Waals surface area contributed by atoms with Crippen molar-refractivity contribution in [1.29, 1.82) is 0 Å². The molecule has 35 heavy (non-hydrogen) atoms. The summed E-state index contributed by atoms with van der Waals surface area (Å²) in [5.74, 6) is -0.363. The molecule has 1 aliphatic carbocycles. The number of carboxylic acid groups (broad SMARTS) is 1. The molecule has 3 aromatic rings. The van der Waals surface area contributed by atoms with Crippen molar-refractivity contribution in [3.8, 4) is 33.6 Å². The fourth-order valence-electron chi connectivity index (χ4n) is 4.62. The van der Waals surface area contributed by atoms with Crippen molar-refractivity contribution >= 4 is 27.3 Å². The molecule has 184 valence electrons. The molecule has 0 bridgehead atoms. The molecule has 11 nitrogen and oxygen atoms in total. The van der Waals surface area contributed by atoms with Gasteiger partial charge in [-0.05, 0) is 24.0 Å². The van der Waals surface area contributed by atoms with Crippen LogP contribution in [0.15, 0.2) is 23.2 Å². The van der Waals surface area contributed by atoms with Gasteiger partial charge in [0.05, 0.1) is 30.7 Å². The lowest BCUT2D eigenvalue weighted by molar-refractivity contribution is 0.0701. The second-order valence-corrected chi connectivity index (χ2v) is 11.2. The van der Waals surface area contributed by atoms with Crippen LogP contribution in [0.2, 0.25) is 0 Å². The molecule has 1 fully saturated rings. The lowest BCUT2D eigenvalue weighted by atomic mass is 9.92. The van der Waals surface area contributed by atoms with Gasteiger partial charge in [-0.25, -0.2) is 13.2 Å². The van der Waals surface area contributed by atoms with Gasteiger partial charge in [-0.2, -0.15) is 9.40 Å². The van der Waals surface area contributed by atoms with Gasteiger partial charge in [-0.3, -0.25) is 4.68 Å². The van der Waals surface area contributed by atoms with Crippen molar-refractivity contribution in [2.45, 2.75) is 17.7 Å². The Morgan fingerprint density at radius 2 is 1.91 bits per heavy atom.